The highest BCUT2D eigenvalue weighted by Crippen LogP contribution is 2.63. The molecule has 62 heavy (non-hydrogen) atoms. The number of amides is 1. The molecule has 7 rings (SSSR count). The Hall–Kier alpha value is -5.74. The first-order chi connectivity index (χ1) is 29.3. The number of fused-ring (bicyclic) bond motifs is 5. The number of Topliss-reactive ketones (excluding diaryl/α,β-unsaturated/α-hetero) is 1. The summed E-state index contributed by atoms with van der Waals surface area (Å²) in [6.07, 6.45) is -5.06. The predicted octanol–water partition coefficient (Wildman–Crippen LogP) is 4.56. The molecule has 3 fully saturated rings. The minimum Gasteiger partial charge on any atom is -0.455 e. The molecule has 0 spiro atoms. The van der Waals surface area contributed by atoms with Crippen molar-refractivity contribution in [2.75, 3.05) is 6.61 Å². The van der Waals surface area contributed by atoms with Gasteiger partial charge in [-0.15, -0.1) is 0 Å². The van der Waals surface area contributed by atoms with E-state index in [4.69, 9.17) is 23.7 Å². The zero-order chi connectivity index (χ0) is 44.9. The summed E-state index contributed by atoms with van der Waals surface area (Å²) in [7, 11) is 0. The summed E-state index contributed by atoms with van der Waals surface area (Å²) in [5.74, 6) is -8.01. The second-order valence-electron chi connectivity index (χ2n) is 17.4. The maximum absolute atomic E-state index is 15.0. The number of carbonyl (C=O) groups excluding carboxylic acids is 6. The van der Waals surface area contributed by atoms with E-state index in [1.54, 1.807) is 74.5 Å². The molecule has 2 bridgehead atoms. The average Bonchev–Trinajstić information content (AvgIpc) is 3.22. The molecule has 1 amide bonds. The molecule has 0 radical (unpaired) electrons. The number of hydrogen-bond acceptors (Lipinski definition) is 14. The van der Waals surface area contributed by atoms with Gasteiger partial charge in [0.05, 0.1) is 30.3 Å². The van der Waals surface area contributed by atoms with E-state index in [-0.39, 0.29) is 48.0 Å². The maximum atomic E-state index is 15.0. The van der Waals surface area contributed by atoms with E-state index in [0.29, 0.717) is 17.6 Å². The van der Waals surface area contributed by atoms with Gasteiger partial charge >= 0.3 is 23.9 Å². The Morgan fingerprint density at radius 2 is 1.53 bits per heavy atom. The lowest BCUT2D eigenvalue weighted by atomic mass is 9.46. The fraction of sp³-hybridized carbons (Fsp3) is 0.447. The second kappa shape index (κ2) is 16.9. The van der Waals surface area contributed by atoms with Crippen molar-refractivity contribution in [3.63, 3.8) is 0 Å². The quantitative estimate of drug-likeness (QED) is 0.162. The molecule has 0 aromatic heterocycles. The van der Waals surface area contributed by atoms with Gasteiger partial charge in [-0.1, -0.05) is 69.3 Å². The Kier molecular flexibility index (Phi) is 12.0. The largest absolute Gasteiger partial charge is 0.455 e. The number of aliphatic hydroxyl groups excluding tert-OH is 2. The Bertz CT molecular complexity index is 2310. The third kappa shape index (κ3) is 7.71. The van der Waals surface area contributed by atoms with Crippen molar-refractivity contribution >= 4 is 35.6 Å². The van der Waals surface area contributed by atoms with E-state index in [0.717, 1.165) is 13.0 Å². The van der Waals surface area contributed by atoms with Crippen LogP contribution in [0.3, 0.4) is 0 Å². The van der Waals surface area contributed by atoms with Crippen molar-refractivity contribution < 1.29 is 67.8 Å². The molecular weight excluding hydrogens is 803 g/mol. The van der Waals surface area contributed by atoms with Crippen LogP contribution in [0.4, 0.5) is 0 Å². The number of aliphatic hydroxyl groups is 3. The minimum absolute atomic E-state index is 0.0555. The normalized spacial score (nSPS) is 29.5. The van der Waals surface area contributed by atoms with Crippen LogP contribution in [0, 0.1) is 28.6 Å². The van der Waals surface area contributed by atoms with E-state index in [2.05, 4.69) is 5.32 Å². The van der Waals surface area contributed by atoms with Crippen LogP contribution in [-0.4, -0.2) is 87.5 Å². The SMILES string of the molecule is CC(=O)OC1=C2C(C)CC[C@@](O)([C@@H](OC(=O)c3ccc(OC(C)=O)cc3OC(=O)[C@H](O)[C@@H](NC(=O)c3ccccc3)c3ccccc3)[C@@H]3[C@H]4CO[C@@H]4C[C@H](O)[C@@]3(C)C1=O)C2(C)C. The molecule has 328 valence electrons. The highest BCUT2D eigenvalue weighted by Gasteiger charge is 2.71. The summed E-state index contributed by atoms with van der Waals surface area (Å²) in [6, 6.07) is 18.6. The van der Waals surface area contributed by atoms with Crippen molar-refractivity contribution in [2.24, 2.45) is 28.6 Å². The monoisotopic (exact) mass is 853 g/mol. The fourth-order valence-corrected chi connectivity index (χ4v) is 10.0. The van der Waals surface area contributed by atoms with E-state index < -0.39 is 100 Å². The van der Waals surface area contributed by atoms with Crippen molar-refractivity contribution in [2.45, 2.75) is 96.9 Å². The average molecular weight is 854 g/mol. The number of ether oxygens (including phenoxy) is 5. The molecule has 15 heteroatoms. The Labute approximate surface area is 358 Å². The molecule has 4 N–H and O–H groups in total. The Morgan fingerprint density at radius 1 is 0.887 bits per heavy atom. The van der Waals surface area contributed by atoms with Crippen molar-refractivity contribution in [1.82, 2.24) is 5.32 Å². The predicted molar refractivity (Wildman–Crippen MR) is 218 cm³/mol. The maximum Gasteiger partial charge on any atom is 0.342 e. The third-order valence-electron chi connectivity index (χ3n) is 13.4. The van der Waals surface area contributed by atoms with Crippen LogP contribution >= 0.6 is 0 Å². The summed E-state index contributed by atoms with van der Waals surface area (Å²) < 4.78 is 29.0. The molecular formula is C47H51NO14. The lowest BCUT2D eigenvalue weighted by molar-refractivity contribution is -0.272. The minimum atomic E-state index is -2.05. The summed E-state index contributed by atoms with van der Waals surface area (Å²) in [4.78, 5) is 81.7. The molecule has 1 saturated heterocycles. The fourth-order valence-electron chi connectivity index (χ4n) is 10.0. The lowest BCUT2D eigenvalue weighted by Crippen LogP contribution is -2.72. The topological polar surface area (TPSA) is 221 Å². The first kappa shape index (κ1) is 44.3. The van der Waals surface area contributed by atoms with Crippen LogP contribution in [-0.2, 0) is 33.4 Å². The van der Waals surface area contributed by atoms with Crippen LogP contribution in [0.1, 0.15) is 93.1 Å². The molecule has 2 saturated carbocycles. The molecule has 10 atom stereocenters. The van der Waals surface area contributed by atoms with Crippen LogP contribution in [0.25, 0.3) is 0 Å². The number of benzene rings is 3. The van der Waals surface area contributed by atoms with Crippen LogP contribution in [0.15, 0.2) is 90.2 Å². The highest BCUT2D eigenvalue weighted by molar-refractivity contribution is 6.02. The smallest absolute Gasteiger partial charge is 0.342 e. The number of hydrogen-bond donors (Lipinski definition) is 4. The Morgan fingerprint density at radius 3 is 2.15 bits per heavy atom. The second-order valence-corrected chi connectivity index (χ2v) is 17.4. The molecule has 3 aromatic carbocycles. The first-order valence-corrected chi connectivity index (χ1v) is 20.6. The number of rotatable bonds is 10. The van der Waals surface area contributed by atoms with E-state index in [9.17, 15) is 44.1 Å². The van der Waals surface area contributed by atoms with E-state index in [1.165, 1.54) is 26.0 Å². The van der Waals surface area contributed by atoms with E-state index in [1.807, 2.05) is 6.92 Å². The van der Waals surface area contributed by atoms with Gasteiger partial charge in [-0.05, 0) is 61.1 Å². The molecule has 1 heterocycles. The number of esters is 4. The zero-order valence-electron chi connectivity index (χ0n) is 35.3. The van der Waals surface area contributed by atoms with Gasteiger partial charge in [-0.2, -0.15) is 0 Å². The van der Waals surface area contributed by atoms with Crippen LogP contribution < -0.4 is 14.8 Å². The van der Waals surface area contributed by atoms with Gasteiger partial charge in [0.1, 0.15) is 28.8 Å². The van der Waals surface area contributed by atoms with Gasteiger partial charge in [-0.25, -0.2) is 9.59 Å². The van der Waals surface area contributed by atoms with Gasteiger partial charge < -0.3 is 44.3 Å². The van der Waals surface area contributed by atoms with Gasteiger partial charge in [0, 0.05) is 49.1 Å². The molecule has 3 aliphatic carbocycles. The molecule has 15 nitrogen and oxygen atoms in total. The number of allylic oxidation sites excluding steroid dienone is 1. The summed E-state index contributed by atoms with van der Waals surface area (Å²) in [5.41, 5.74) is -4.50. The van der Waals surface area contributed by atoms with Crippen molar-refractivity contribution in [3.05, 3.63) is 107 Å². The summed E-state index contributed by atoms with van der Waals surface area (Å²) in [5, 5.41) is 39.3. The number of nitrogens with one attached hydrogen (secondary N) is 1. The number of carbonyl (C=O) groups is 6. The van der Waals surface area contributed by atoms with Gasteiger partial charge in [0.15, 0.2) is 11.9 Å². The standard InChI is InChI=1S/C47H51NO14/c1-24-19-20-47(57)41(36-31-23-58-32(31)22-34(51)46(36,6)40(53)39(60-26(3)50)35(24)45(47,4)5)62-43(55)30-18-17-29(59-25(2)49)21-33(30)61-44(56)38(52)37(27-13-9-7-10-14-27)48-42(54)28-15-11-8-12-16-28/h7-18,21,24,31-32,34,36-38,41,51-52,57H,19-20,22-23H2,1-6H3,(H,48,54)/t24?,31-,32+,34-,36-,37-,38+,41-,46+,47+/m0/s1. The molecule has 3 aromatic rings. The van der Waals surface area contributed by atoms with Crippen molar-refractivity contribution in [1.29, 1.82) is 0 Å². The van der Waals surface area contributed by atoms with Crippen molar-refractivity contribution in [3.8, 4) is 11.5 Å². The summed E-state index contributed by atoms with van der Waals surface area (Å²) in [6.45, 7) is 9.17. The first-order valence-electron chi connectivity index (χ1n) is 20.6. The highest BCUT2D eigenvalue weighted by atomic mass is 16.6. The third-order valence-corrected chi connectivity index (χ3v) is 13.4. The lowest BCUT2D eigenvalue weighted by Gasteiger charge is -2.63. The van der Waals surface area contributed by atoms with Gasteiger partial charge in [0.2, 0.25) is 5.78 Å². The van der Waals surface area contributed by atoms with Gasteiger partial charge in [0.25, 0.3) is 5.91 Å². The molecule has 1 unspecified atom stereocenters. The molecule has 1 aliphatic heterocycles. The van der Waals surface area contributed by atoms with Crippen LogP contribution in [0.2, 0.25) is 0 Å². The molecule has 4 aliphatic rings. The van der Waals surface area contributed by atoms with Crippen LogP contribution in [0.5, 0.6) is 11.5 Å². The van der Waals surface area contributed by atoms with Gasteiger partial charge in [-0.3, -0.25) is 19.2 Å². The Balaban J connectivity index is 1.29. The zero-order valence-corrected chi connectivity index (χ0v) is 35.3. The number of ketones is 1. The van der Waals surface area contributed by atoms with E-state index >= 15 is 0 Å². The summed E-state index contributed by atoms with van der Waals surface area (Å²) >= 11 is 0.